The highest BCUT2D eigenvalue weighted by molar-refractivity contribution is 5.97. The summed E-state index contributed by atoms with van der Waals surface area (Å²) in [6.45, 7) is 0. The van der Waals surface area contributed by atoms with Crippen LogP contribution in [0.3, 0.4) is 0 Å². The molecule has 0 aromatic heterocycles. The molecule has 196 valence electrons. The lowest BCUT2D eigenvalue weighted by molar-refractivity contribution is 1.57. The van der Waals surface area contributed by atoms with Gasteiger partial charge in [-0.2, -0.15) is 0 Å². The summed E-state index contributed by atoms with van der Waals surface area (Å²) in [5, 5.41) is 7.58. The van der Waals surface area contributed by atoms with Crippen LogP contribution in [0.15, 0.2) is 170 Å². The zero-order valence-corrected chi connectivity index (χ0v) is 23.2. The topological polar surface area (TPSA) is 0 Å². The van der Waals surface area contributed by atoms with Crippen molar-refractivity contribution in [2.45, 2.75) is 0 Å². The lowest BCUT2D eigenvalue weighted by Crippen LogP contribution is -1.88. The molecule has 0 saturated heterocycles. The van der Waals surface area contributed by atoms with Gasteiger partial charge >= 0.3 is 0 Å². The maximum absolute atomic E-state index is 2.34. The fraction of sp³-hybridized carbons (Fsp3) is 0. The Kier molecular flexibility index (Phi) is 5.90. The Hall–Kier alpha value is -5.46. The van der Waals surface area contributed by atoms with Crippen molar-refractivity contribution in [2.24, 2.45) is 0 Å². The molecule has 0 atom stereocenters. The van der Waals surface area contributed by atoms with E-state index in [1.165, 1.54) is 76.8 Å². The van der Waals surface area contributed by atoms with Gasteiger partial charge in [0.25, 0.3) is 0 Å². The predicted octanol–water partition coefficient (Wildman–Crippen LogP) is 11.8. The summed E-state index contributed by atoms with van der Waals surface area (Å²) in [7, 11) is 0. The first-order valence-electron chi connectivity index (χ1n) is 14.5. The number of fused-ring (bicyclic) bond motifs is 3. The van der Waals surface area contributed by atoms with Crippen LogP contribution >= 0.6 is 0 Å². The first-order chi connectivity index (χ1) is 20.8. The third-order valence-corrected chi connectivity index (χ3v) is 8.42. The zero-order valence-electron chi connectivity index (χ0n) is 23.2. The molecule has 42 heavy (non-hydrogen) atoms. The Morgan fingerprint density at radius 2 is 0.643 bits per heavy atom. The Labute approximate surface area is 246 Å². The molecular weight excluding hydrogens is 504 g/mol. The molecule has 0 aliphatic rings. The molecule has 0 fully saturated rings. The van der Waals surface area contributed by atoms with Crippen LogP contribution in [0.4, 0.5) is 0 Å². The summed E-state index contributed by atoms with van der Waals surface area (Å²) in [4.78, 5) is 0. The lowest BCUT2D eigenvalue weighted by Gasteiger charge is -2.13. The smallest absolute Gasteiger partial charge is 0.0105 e. The minimum absolute atomic E-state index is 1.21. The van der Waals surface area contributed by atoms with Gasteiger partial charge in [-0.15, -0.1) is 0 Å². The van der Waals surface area contributed by atoms with Gasteiger partial charge in [0, 0.05) is 0 Å². The van der Waals surface area contributed by atoms with Gasteiger partial charge in [-0.25, -0.2) is 0 Å². The van der Waals surface area contributed by atoms with Crippen molar-refractivity contribution in [1.29, 1.82) is 0 Å². The minimum atomic E-state index is 1.21. The van der Waals surface area contributed by atoms with Crippen molar-refractivity contribution in [1.82, 2.24) is 0 Å². The van der Waals surface area contributed by atoms with E-state index in [4.69, 9.17) is 0 Å². The standard InChI is InChI=1S/C42H28/c1-3-11-34-24-36(22-18-29(34)8-1)39-26-38(27-40(28-39)37-23-19-30-9-2-4-12-35(30)25-37)31-16-20-33(21-17-31)42-15-7-13-32-10-5-6-14-41(32)42/h1-28H. The van der Waals surface area contributed by atoms with E-state index in [-0.39, 0.29) is 0 Å². The molecule has 0 saturated carbocycles. The van der Waals surface area contributed by atoms with E-state index in [0.29, 0.717) is 0 Å². The van der Waals surface area contributed by atoms with Gasteiger partial charge in [0.15, 0.2) is 0 Å². The summed E-state index contributed by atoms with van der Waals surface area (Å²) < 4.78 is 0. The largest absolute Gasteiger partial charge is 0.0616 e. The Morgan fingerprint density at radius 1 is 0.214 bits per heavy atom. The highest BCUT2D eigenvalue weighted by Crippen LogP contribution is 2.36. The molecule has 8 aromatic rings. The van der Waals surface area contributed by atoms with E-state index in [1.54, 1.807) is 0 Å². The van der Waals surface area contributed by atoms with Crippen LogP contribution in [-0.2, 0) is 0 Å². The molecule has 0 aliphatic carbocycles. The van der Waals surface area contributed by atoms with Crippen LogP contribution in [0.1, 0.15) is 0 Å². The molecule has 0 heteroatoms. The molecule has 8 rings (SSSR count). The Morgan fingerprint density at radius 3 is 1.24 bits per heavy atom. The van der Waals surface area contributed by atoms with Crippen LogP contribution in [0.5, 0.6) is 0 Å². The molecule has 0 amide bonds. The van der Waals surface area contributed by atoms with E-state index in [0.717, 1.165) is 0 Å². The maximum Gasteiger partial charge on any atom is -0.0105 e. The van der Waals surface area contributed by atoms with Gasteiger partial charge in [0.1, 0.15) is 0 Å². The average Bonchev–Trinajstić information content (AvgIpc) is 3.07. The Balaban J connectivity index is 1.27. The fourth-order valence-electron chi connectivity index (χ4n) is 6.18. The molecule has 0 nitrogen and oxygen atoms in total. The second-order valence-electron chi connectivity index (χ2n) is 11.0. The summed E-state index contributed by atoms with van der Waals surface area (Å²) in [5.41, 5.74) is 9.82. The third-order valence-electron chi connectivity index (χ3n) is 8.42. The number of hydrogen-bond acceptors (Lipinski definition) is 0. The minimum Gasteiger partial charge on any atom is -0.0616 e. The van der Waals surface area contributed by atoms with Crippen LogP contribution in [0.25, 0.3) is 76.8 Å². The molecule has 0 radical (unpaired) electrons. The van der Waals surface area contributed by atoms with E-state index in [1.807, 2.05) is 0 Å². The summed E-state index contributed by atoms with van der Waals surface area (Å²) in [6, 6.07) is 61.9. The van der Waals surface area contributed by atoms with Gasteiger partial charge in [-0.3, -0.25) is 0 Å². The SMILES string of the molecule is c1ccc2cc(-c3cc(-c4ccc(-c5cccc6ccccc56)cc4)cc(-c4ccc5ccccc5c4)c3)ccc2c1. The molecule has 0 bridgehead atoms. The van der Waals surface area contributed by atoms with Gasteiger partial charge in [-0.1, -0.05) is 140 Å². The number of hydrogen-bond donors (Lipinski definition) is 0. The highest BCUT2D eigenvalue weighted by Gasteiger charge is 2.10. The quantitative estimate of drug-likeness (QED) is 0.211. The number of rotatable bonds is 4. The monoisotopic (exact) mass is 532 g/mol. The van der Waals surface area contributed by atoms with Gasteiger partial charge in [0.2, 0.25) is 0 Å². The molecule has 8 aromatic carbocycles. The van der Waals surface area contributed by atoms with Crippen molar-refractivity contribution in [2.75, 3.05) is 0 Å². The van der Waals surface area contributed by atoms with E-state index in [2.05, 4.69) is 170 Å². The Bertz CT molecular complexity index is 2130. The van der Waals surface area contributed by atoms with Crippen LogP contribution in [0, 0.1) is 0 Å². The van der Waals surface area contributed by atoms with E-state index < -0.39 is 0 Å². The zero-order chi connectivity index (χ0) is 27.9. The number of benzene rings is 8. The van der Waals surface area contributed by atoms with Crippen molar-refractivity contribution < 1.29 is 0 Å². The van der Waals surface area contributed by atoms with Gasteiger partial charge < -0.3 is 0 Å². The molecular formula is C42H28. The summed E-state index contributed by atoms with van der Waals surface area (Å²) in [5.74, 6) is 0. The summed E-state index contributed by atoms with van der Waals surface area (Å²) >= 11 is 0. The van der Waals surface area contributed by atoms with Crippen LogP contribution in [0.2, 0.25) is 0 Å². The van der Waals surface area contributed by atoms with Crippen molar-refractivity contribution in [3.8, 4) is 44.5 Å². The highest BCUT2D eigenvalue weighted by atomic mass is 14.1. The molecule has 0 heterocycles. The van der Waals surface area contributed by atoms with E-state index in [9.17, 15) is 0 Å². The molecule has 0 unspecified atom stereocenters. The fourth-order valence-corrected chi connectivity index (χ4v) is 6.18. The van der Waals surface area contributed by atoms with E-state index >= 15 is 0 Å². The van der Waals surface area contributed by atoms with Crippen molar-refractivity contribution in [3.63, 3.8) is 0 Å². The molecule has 0 N–H and O–H groups in total. The summed E-state index contributed by atoms with van der Waals surface area (Å²) in [6.07, 6.45) is 0. The molecule has 0 spiro atoms. The van der Waals surface area contributed by atoms with Crippen LogP contribution < -0.4 is 0 Å². The van der Waals surface area contributed by atoms with Crippen molar-refractivity contribution in [3.05, 3.63) is 170 Å². The first-order valence-corrected chi connectivity index (χ1v) is 14.5. The average molecular weight is 533 g/mol. The lowest BCUT2D eigenvalue weighted by atomic mass is 9.91. The first kappa shape index (κ1) is 24.3. The third kappa shape index (κ3) is 4.44. The second-order valence-corrected chi connectivity index (χ2v) is 11.0. The second kappa shape index (κ2) is 10.2. The molecule has 0 aliphatic heterocycles. The maximum atomic E-state index is 2.34. The van der Waals surface area contributed by atoms with Crippen molar-refractivity contribution >= 4 is 32.3 Å². The van der Waals surface area contributed by atoms with Gasteiger partial charge in [-0.05, 0) is 107 Å². The van der Waals surface area contributed by atoms with Gasteiger partial charge in [0.05, 0.1) is 0 Å². The predicted molar refractivity (Wildman–Crippen MR) is 181 cm³/mol. The normalized spacial score (nSPS) is 11.3. The van der Waals surface area contributed by atoms with Crippen LogP contribution in [-0.4, -0.2) is 0 Å².